The fourth-order valence-corrected chi connectivity index (χ4v) is 16.2. The van der Waals surface area contributed by atoms with E-state index in [1.54, 1.807) is 14.2 Å². The number of carbonyl (C=O) groups is 4. The zero-order chi connectivity index (χ0) is 43.2. The molecule has 14 heteroatoms. The second-order valence-electron chi connectivity index (χ2n) is 18.2. The number of hydrogen-bond acceptors (Lipinski definition) is 14. The summed E-state index contributed by atoms with van der Waals surface area (Å²) < 4.78 is 62.6. The summed E-state index contributed by atoms with van der Waals surface area (Å²) >= 11 is 0. The maximum Gasteiger partial charge on any atom is 0.343 e. The van der Waals surface area contributed by atoms with E-state index in [9.17, 15) is 0 Å². The fourth-order valence-electron chi connectivity index (χ4n) is 16.2. The number of benzene rings is 4. The summed E-state index contributed by atoms with van der Waals surface area (Å²) in [7, 11) is 11.6. The number of hydrogen-bond donors (Lipinski definition) is 0. The maximum absolute atomic E-state index is 15.2. The van der Waals surface area contributed by atoms with E-state index in [-0.39, 0.29) is 11.8 Å². The summed E-state index contributed by atoms with van der Waals surface area (Å²) in [6.45, 7) is 0. The molecule has 4 aromatic carbocycles. The quantitative estimate of drug-likeness (QED) is 0.166. The first kappa shape index (κ1) is 38.1. The van der Waals surface area contributed by atoms with Crippen LogP contribution in [0.1, 0.15) is 46.9 Å². The molecular formula is C48H46O14. The molecule has 322 valence electrons. The first-order valence-electron chi connectivity index (χ1n) is 21.1. The molecular weight excluding hydrogens is 801 g/mol. The third kappa shape index (κ3) is 3.57. The van der Waals surface area contributed by atoms with Gasteiger partial charge in [-0.25, -0.2) is 19.2 Å². The Kier molecular flexibility index (Phi) is 7.44. The highest BCUT2D eigenvalue weighted by Gasteiger charge is 2.95. The van der Waals surface area contributed by atoms with Gasteiger partial charge < -0.3 is 47.4 Å². The fraction of sp³-hybridized carbons (Fsp3) is 0.500. The van der Waals surface area contributed by atoms with Crippen LogP contribution >= 0.6 is 0 Å². The van der Waals surface area contributed by atoms with Crippen molar-refractivity contribution in [3.8, 4) is 23.0 Å². The van der Waals surface area contributed by atoms with Crippen molar-refractivity contribution in [3.63, 3.8) is 0 Å². The predicted molar refractivity (Wildman–Crippen MR) is 216 cm³/mol. The van der Waals surface area contributed by atoms with Crippen LogP contribution in [0.4, 0.5) is 0 Å². The van der Waals surface area contributed by atoms with Gasteiger partial charge in [0.1, 0.15) is 23.0 Å². The Morgan fingerprint density at radius 3 is 1.15 bits per heavy atom. The monoisotopic (exact) mass is 846 g/mol. The molecule has 4 aromatic rings. The van der Waals surface area contributed by atoms with Gasteiger partial charge in [0.2, 0.25) is 0 Å². The Morgan fingerprint density at radius 1 is 0.452 bits per heavy atom. The van der Waals surface area contributed by atoms with Crippen LogP contribution in [-0.2, 0) is 58.8 Å². The largest absolute Gasteiger partial charge is 0.496 e. The van der Waals surface area contributed by atoms with Gasteiger partial charge in [-0.05, 0) is 36.5 Å². The van der Waals surface area contributed by atoms with Gasteiger partial charge >= 0.3 is 23.9 Å². The molecule has 8 aliphatic rings. The Hall–Kier alpha value is -5.60. The van der Waals surface area contributed by atoms with Gasteiger partial charge in [-0.15, -0.1) is 0 Å². The van der Waals surface area contributed by atoms with Crippen molar-refractivity contribution in [1.29, 1.82) is 0 Å². The van der Waals surface area contributed by atoms with Gasteiger partial charge in [-0.2, -0.15) is 0 Å². The summed E-state index contributed by atoms with van der Waals surface area (Å²) in [6.07, 6.45) is 1.03. The van der Waals surface area contributed by atoms with Gasteiger partial charge in [-0.1, -0.05) is 48.5 Å². The van der Waals surface area contributed by atoms with E-state index >= 15 is 19.2 Å². The highest BCUT2D eigenvalue weighted by molar-refractivity contribution is 6.04. The topological polar surface area (TPSA) is 161 Å². The predicted octanol–water partition coefficient (Wildman–Crippen LogP) is 5.31. The molecule has 4 aliphatic heterocycles. The van der Waals surface area contributed by atoms with E-state index < -0.39 is 93.6 Å². The molecule has 6 fully saturated rings. The minimum absolute atomic E-state index is 0.307. The number of rotatable bonds is 8. The van der Waals surface area contributed by atoms with Crippen molar-refractivity contribution in [2.45, 2.75) is 47.1 Å². The minimum Gasteiger partial charge on any atom is -0.496 e. The van der Waals surface area contributed by atoms with Crippen LogP contribution in [0.3, 0.4) is 0 Å². The molecule has 0 radical (unpaired) electrons. The molecule has 14 nitrogen and oxygen atoms in total. The van der Waals surface area contributed by atoms with Crippen LogP contribution in [0, 0.1) is 47.3 Å². The first-order chi connectivity index (χ1) is 30.0. The van der Waals surface area contributed by atoms with E-state index in [4.69, 9.17) is 47.4 Å². The van der Waals surface area contributed by atoms with Crippen LogP contribution in [0.15, 0.2) is 48.5 Å². The summed E-state index contributed by atoms with van der Waals surface area (Å²) in [5, 5.41) is 3.03. The van der Waals surface area contributed by atoms with Crippen molar-refractivity contribution in [1.82, 2.24) is 0 Å². The van der Waals surface area contributed by atoms with Crippen molar-refractivity contribution in [2.75, 3.05) is 56.9 Å². The second-order valence-corrected chi connectivity index (χ2v) is 18.2. The van der Waals surface area contributed by atoms with Gasteiger partial charge in [0.15, 0.2) is 22.4 Å². The highest BCUT2D eigenvalue weighted by Crippen LogP contribution is 2.88. The molecule has 3 saturated carbocycles. The van der Waals surface area contributed by atoms with Gasteiger partial charge in [0, 0.05) is 79.3 Å². The molecule has 4 heterocycles. The van der Waals surface area contributed by atoms with E-state index in [1.165, 1.54) is 42.7 Å². The van der Waals surface area contributed by atoms with Crippen molar-refractivity contribution < 1.29 is 66.5 Å². The molecule has 3 saturated heterocycles. The number of esters is 4. The van der Waals surface area contributed by atoms with E-state index in [1.807, 2.05) is 48.5 Å². The van der Waals surface area contributed by atoms with Crippen molar-refractivity contribution in [3.05, 3.63) is 70.8 Å². The summed E-state index contributed by atoms with van der Waals surface area (Å²) in [5.41, 5.74) is -4.68. The summed E-state index contributed by atoms with van der Waals surface area (Å²) in [4.78, 5) is 60.4. The van der Waals surface area contributed by atoms with E-state index in [2.05, 4.69) is 0 Å². The molecule has 0 amide bonds. The maximum atomic E-state index is 15.2. The molecule has 12 rings (SSSR count). The van der Waals surface area contributed by atoms with Crippen LogP contribution in [0.2, 0.25) is 0 Å². The van der Waals surface area contributed by atoms with Crippen LogP contribution < -0.4 is 18.9 Å². The summed E-state index contributed by atoms with van der Waals surface area (Å²) in [5.74, 6) is -6.28. The normalized spacial score (nSPS) is 38.6. The SMILES string of the molecule is COC(=O)[C@@]12O[C@@](C(=O)OC)([C@H]3[C@H]4C[C@@H]([C@H]31)[C@H]1[C@@H]4[C@@]3(C(=O)OC)O[C@]1(C(=O)OC)c1c3c(OC)c3ccccc3c1OC)[C@H]1[C@@H]2[C@H]2C[C@@H]1c1c2c(OC)c2ccccc2c1OC. The number of methoxy groups -OCH3 is 8. The zero-order valence-corrected chi connectivity index (χ0v) is 35.5. The van der Waals surface area contributed by atoms with Crippen molar-refractivity contribution in [2.24, 2.45) is 47.3 Å². The zero-order valence-electron chi connectivity index (χ0n) is 35.5. The number of ether oxygens (including phenoxy) is 10. The molecule has 14 atom stereocenters. The molecule has 0 unspecified atom stereocenters. The Morgan fingerprint density at radius 2 is 0.806 bits per heavy atom. The number of carbonyl (C=O) groups excluding carboxylic acids is 4. The number of fused-ring (bicyclic) bond motifs is 31. The molecule has 62 heavy (non-hydrogen) atoms. The lowest BCUT2D eigenvalue weighted by molar-refractivity contribution is -0.196. The molecule has 0 aromatic heterocycles. The van der Waals surface area contributed by atoms with Crippen LogP contribution in [-0.4, -0.2) is 92.0 Å². The minimum atomic E-state index is -1.93. The molecule has 8 bridgehead atoms. The third-order valence-corrected chi connectivity index (χ3v) is 17.1. The standard InChI is InChI=1S/C48H46O14/c1-53-37-19-13-9-10-14-20(19)38(54-2)28-24-17-23(27(28)37)29-30(24)46(42(50)58-6)32-26-18-25(31(32)45(29,61-46)41(49)57-5)33-34(26)48(44(52)60-8)36-35(47(33,62-48)43(51)59-7)39(55-3)21-15-11-12-16-22(21)40(36)56-4/h9-16,23-26,29-34H,17-18H2,1-8H3/t23-,24+,25-,26+,29-,30+,31+,32-,33-,34+,45-,46+,47-,48+. The average Bonchev–Trinajstić information content (AvgIpc) is 4.19. The van der Waals surface area contributed by atoms with Gasteiger partial charge in [0.05, 0.1) is 56.9 Å². The second kappa shape index (κ2) is 12.1. The Bertz CT molecular complexity index is 2570. The third-order valence-electron chi connectivity index (χ3n) is 17.1. The molecule has 4 aliphatic carbocycles. The Balaban J connectivity index is 1.15. The Labute approximate surface area is 356 Å². The van der Waals surface area contributed by atoms with Crippen LogP contribution in [0.25, 0.3) is 21.5 Å². The van der Waals surface area contributed by atoms with Gasteiger partial charge in [0.25, 0.3) is 0 Å². The first-order valence-corrected chi connectivity index (χ1v) is 21.1. The van der Waals surface area contributed by atoms with E-state index in [0.29, 0.717) is 57.7 Å². The highest BCUT2D eigenvalue weighted by atomic mass is 16.6. The average molecular weight is 847 g/mol. The lowest BCUT2D eigenvalue weighted by Gasteiger charge is -2.54. The smallest absolute Gasteiger partial charge is 0.343 e. The summed E-state index contributed by atoms with van der Waals surface area (Å²) in [6, 6.07) is 15.3. The lowest BCUT2D eigenvalue weighted by Crippen LogP contribution is -2.64. The van der Waals surface area contributed by atoms with E-state index in [0.717, 1.165) is 21.9 Å². The van der Waals surface area contributed by atoms with Gasteiger partial charge in [-0.3, -0.25) is 0 Å². The molecule has 0 N–H and O–H groups in total. The molecule has 0 spiro atoms. The van der Waals surface area contributed by atoms with Crippen LogP contribution in [0.5, 0.6) is 23.0 Å². The lowest BCUT2D eigenvalue weighted by atomic mass is 9.45. The van der Waals surface area contributed by atoms with Crippen molar-refractivity contribution >= 4 is 45.4 Å².